The van der Waals surface area contributed by atoms with E-state index in [1.54, 1.807) is 0 Å². The van der Waals surface area contributed by atoms with Crippen molar-refractivity contribution in [1.82, 2.24) is 4.98 Å². The highest BCUT2D eigenvalue weighted by molar-refractivity contribution is 7.15. The van der Waals surface area contributed by atoms with Gasteiger partial charge in [-0.2, -0.15) is 18.2 Å². The van der Waals surface area contributed by atoms with Gasteiger partial charge in [-0.15, -0.1) is 11.3 Å². The van der Waals surface area contributed by atoms with Crippen molar-refractivity contribution in [2.45, 2.75) is 38.3 Å². The zero-order chi connectivity index (χ0) is 16.4. The van der Waals surface area contributed by atoms with Crippen LogP contribution in [0, 0.1) is 0 Å². The van der Waals surface area contributed by atoms with Gasteiger partial charge in [0, 0.05) is 16.1 Å². The first-order chi connectivity index (χ1) is 10.9. The number of hydrogen-bond acceptors (Lipinski definition) is 4. The standard InChI is InChI=1S/C16H15F3N2OS/c17-16(18,19)10-6-8-11(9-7-10)20-15-21-14(22)12-4-2-1-3-5-13(12)23-15/h6-9H,1-5H2,(H,20,21,22). The van der Waals surface area contributed by atoms with E-state index in [1.165, 1.54) is 23.5 Å². The maximum absolute atomic E-state index is 12.6. The molecule has 0 unspecified atom stereocenters. The van der Waals surface area contributed by atoms with Crippen molar-refractivity contribution < 1.29 is 13.2 Å². The highest BCUT2D eigenvalue weighted by Gasteiger charge is 2.29. The molecule has 1 heterocycles. The van der Waals surface area contributed by atoms with Crippen molar-refractivity contribution >= 4 is 22.2 Å². The fourth-order valence-electron chi connectivity index (χ4n) is 2.61. The number of benzene rings is 1. The van der Waals surface area contributed by atoms with E-state index in [9.17, 15) is 18.0 Å². The molecule has 0 spiro atoms. The van der Waals surface area contributed by atoms with E-state index in [0.717, 1.165) is 54.7 Å². The molecule has 122 valence electrons. The highest BCUT2D eigenvalue weighted by atomic mass is 32.1. The van der Waals surface area contributed by atoms with Gasteiger partial charge in [0.1, 0.15) is 0 Å². The second-order valence-electron chi connectivity index (χ2n) is 5.49. The van der Waals surface area contributed by atoms with Crippen molar-refractivity contribution in [2.24, 2.45) is 0 Å². The van der Waals surface area contributed by atoms with Gasteiger partial charge in [-0.05, 0) is 49.9 Å². The van der Waals surface area contributed by atoms with Crippen LogP contribution in [0.25, 0.3) is 0 Å². The third-order valence-electron chi connectivity index (χ3n) is 3.81. The van der Waals surface area contributed by atoms with Crippen molar-refractivity contribution in [1.29, 1.82) is 0 Å². The van der Waals surface area contributed by atoms with Gasteiger partial charge in [0.15, 0.2) is 5.13 Å². The predicted molar refractivity (Wildman–Crippen MR) is 84.4 cm³/mol. The van der Waals surface area contributed by atoms with Gasteiger partial charge in [-0.25, -0.2) is 0 Å². The average molecular weight is 340 g/mol. The Morgan fingerprint density at radius 2 is 1.74 bits per heavy atom. The zero-order valence-corrected chi connectivity index (χ0v) is 13.1. The molecule has 1 aliphatic carbocycles. The summed E-state index contributed by atoms with van der Waals surface area (Å²) in [5, 5.41) is 3.36. The third kappa shape index (κ3) is 3.72. The third-order valence-corrected chi connectivity index (χ3v) is 4.90. The summed E-state index contributed by atoms with van der Waals surface area (Å²) >= 11 is 1.41. The lowest BCUT2D eigenvalue weighted by atomic mass is 10.2. The molecular weight excluding hydrogens is 325 g/mol. The van der Waals surface area contributed by atoms with Gasteiger partial charge in [-0.1, -0.05) is 6.42 Å². The van der Waals surface area contributed by atoms with Crippen LogP contribution >= 0.6 is 11.3 Å². The van der Waals surface area contributed by atoms with Gasteiger partial charge in [0.2, 0.25) is 0 Å². The Kier molecular flexibility index (Phi) is 4.39. The van der Waals surface area contributed by atoms with E-state index >= 15 is 0 Å². The van der Waals surface area contributed by atoms with E-state index in [4.69, 9.17) is 0 Å². The van der Waals surface area contributed by atoms with E-state index < -0.39 is 11.7 Å². The number of nitrogens with zero attached hydrogens (tertiary/aromatic N) is 1. The predicted octanol–water partition coefficient (Wildman–Crippen LogP) is 4.53. The first kappa shape index (κ1) is 16.0. The maximum atomic E-state index is 12.6. The Labute approximate surface area is 135 Å². The van der Waals surface area contributed by atoms with E-state index in [2.05, 4.69) is 10.3 Å². The number of nitrogens with one attached hydrogen (secondary N) is 1. The van der Waals surface area contributed by atoms with Crippen LogP contribution in [-0.2, 0) is 19.0 Å². The first-order valence-corrected chi connectivity index (χ1v) is 8.22. The van der Waals surface area contributed by atoms with Crippen LogP contribution in [0.5, 0.6) is 0 Å². The van der Waals surface area contributed by atoms with Crippen molar-refractivity contribution in [3.8, 4) is 0 Å². The number of rotatable bonds is 2. The molecule has 0 radical (unpaired) electrons. The molecule has 0 saturated heterocycles. The van der Waals surface area contributed by atoms with Gasteiger partial charge < -0.3 is 5.32 Å². The lowest BCUT2D eigenvalue weighted by Crippen LogP contribution is -2.15. The summed E-state index contributed by atoms with van der Waals surface area (Å²) in [7, 11) is 0. The molecule has 0 fully saturated rings. The van der Waals surface area contributed by atoms with Crippen molar-refractivity contribution in [2.75, 3.05) is 5.32 Å². The van der Waals surface area contributed by atoms with Crippen LogP contribution in [0.3, 0.4) is 0 Å². The lowest BCUT2D eigenvalue weighted by molar-refractivity contribution is -0.137. The lowest BCUT2D eigenvalue weighted by Gasteiger charge is -2.10. The van der Waals surface area contributed by atoms with Crippen LogP contribution in [0.2, 0.25) is 0 Å². The first-order valence-electron chi connectivity index (χ1n) is 7.41. The second kappa shape index (κ2) is 6.31. The zero-order valence-electron chi connectivity index (χ0n) is 12.2. The summed E-state index contributed by atoms with van der Waals surface area (Å²) in [4.78, 5) is 17.2. The fourth-order valence-corrected chi connectivity index (χ4v) is 3.70. The summed E-state index contributed by atoms with van der Waals surface area (Å²) in [6.07, 6.45) is 0.417. The van der Waals surface area contributed by atoms with E-state index in [-0.39, 0.29) is 5.56 Å². The summed E-state index contributed by atoms with van der Waals surface area (Å²) in [5.41, 5.74) is 0.348. The number of anilines is 2. The summed E-state index contributed by atoms with van der Waals surface area (Å²) < 4.78 is 37.7. The number of alkyl halides is 3. The van der Waals surface area contributed by atoms with Gasteiger partial charge in [0.25, 0.3) is 5.56 Å². The Morgan fingerprint density at radius 3 is 2.43 bits per heavy atom. The Hall–Kier alpha value is -1.89. The molecule has 7 heteroatoms. The molecule has 1 N–H and O–H groups in total. The quantitative estimate of drug-likeness (QED) is 0.817. The molecule has 1 aromatic carbocycles. The molecule has 23 heavy (non-hydrogen) atoms. The summed E-state index contributed by atoms with van der Waals surface area (Å²) in [6.45, 7) is 0. The number of halogens is 3. The van der Waals surface area contributed by atoms with Crippen molar-refractivity contribution in [3.63, 3.8) is 0 Å². The maximum Gasteiger partial charge on any atom is 0.416 e. The monoisotopic (exact) mass is 340 g/mol. The number of hydrogen-bond donors (Lipinski definition) is 1. The molecule has 0 aliphatic heterocycles. The number of fused-ring (bicyclic) bond motifs is 1. The molecule has 0 saturated carbocycles. The summed E-state index contributed by atoms with van der Waals surface area (Å²) in [6, 6.07) is 4.70. The Bertz CT molecular complexity index is 753. The Balaban J connectivity index is 1.84. The minimum Gasteiger partial charge on any atom is -0.331 e. The molecule has 0 amide bonds. The van der Waals surface area contributed by atoms with Crippen LogP contribution in [0.15, 0.2) is 29.1 Å². The van der Waals surface area contributed by atoms with Crippen LogP contribution in [0.4, 0.5) is 24.0 Å². The molecule has 3 rings (SSSR count). The molecule has 3 nitrogen and oxygen atoms in total. The van der Waals surface area contributed by atoms with E-state index in [0.29, 0.717) is 10.8 Å². The largest absolute Gasteiger partial charge is 0.416 e. The van der Waals surface area contributed by atoms with Crippen LogP contribution in [0.1, 0.15) is 35.3 Å². The molecular formula is C16H15F3N2OS. The molecule has 1 aromatic heterocycles. The minimum absolute atomic E-state index is 0.227. The Morgan fingerprint density at radius 1 is 1.04 bits per heavy atom. The van der Waals surface area contributed by atoms with Gasteiger partial charge in [-0.3, -0.25) is 4.79 Å². The number of aromatic nitrogens is 1. The summed E-state index contributed by atoms with van der Waals surface area (Å²) in [5.74, 6) is 0. The highest BCUT2D eigenvalue weighted by Crippen LogP contribution is 2.31. The van der Waals surface area contributed by atoms with Gasteiger partial charge >= 0.3 is 6.18 Å². The fraction of sp³-hybridized carbons (Fsp3) is 0.375. The molecule has 0 bridgehead atoms. The smallest absolute Gasteiger partial charge is 0.331 e. The SMILES string of the molecule is O=c1nc(Nc2ccc(C(F)(F)F)cc2)sc2c1CCCCC2. The van der Waals surface area contributed by atoms with Crippen LogP contribution < -0.4 is 10.9 Å². The normalized spacial score (nSPS) is 14.9. The van der Waals surface area contributed by atoms with Crippen LogP contribution in [-0.4, -0.2) is 4.98 Å². The number of aryl methyl sites for hydroxylation is 1. The van der Waals surface area contributed by atoms with Gasteiger partial charge in [0.05, 0.1) is 5.56 Å². The molecule has 0 atom stereocenters. The molecule has 1 aliphatic rings. The molecule has 2 aromatic rings. The van der Waals surface area contributed by atoms with Crippen molar-refractivity contribution in [3.05, 3.63) is 50.6 Å². The average Bonchev–Trinajstić information content (AvgIpc) is 2.72. The topological polar surface area (TPSA) is 42.0 Å². The second-order valence-corrected chi connectivity index (χ2v) is 6.57. The minimum atomic E-state index is -4.36. The van der Waals surface area contributed by atoms with E-state index in [1.807, 2.05) is 0 Å².